The molecule has 1 aromatic rings. The molecule has 0 aliphatic carbocycles. The Kier molecular flexibility index (Phi) is 4.46. The maximum Gasteiger partial charge on any atom is 0.159 e. The molecule has 0 saturated carbocycles. The maximum absolute atomic E-state index is 11.0. The molecule has 0 fully saturated rings. The number of ketones is 1. The van der Waals surface area contributed by atoms with Crippen LogP contribution in [0.2, 0.25) is 0 Å². The van der Waals surface area contributed by atoms with Gasteiger partial charge in [-0.1, -0.05) is 24.3 Å². The molecule has 0 aliphatic rings. The highest BCUT2D eigenvalue weighted by Gasteiger charge is 2.09. The highest BCUT2D eigenvalue weighted by Crippen LogP contribution is 2.19. The third-order valence-corrected chi connectivity index (χ3v) is 2.49. The zero-order chi connectivity index (χ0) is 11.3. The van der Waals surface area contributed by atoms with Gasteiger partial charge in [-0.3, -0.25) is 4.79 Å². The van der Waals surface area contributed by atoms with E-state index in [1.165, 1.54) is 6.92 Å². The fraction of sp³-hybridized carbons (Fsp3) is 0.417. The zero-order valence-corrected chi connectivity index (χ0v) is 8.81. The lowest BCUT2D eigenvalue weighted by atomic mass is 9.95. The molecule has 1 unspecified atom stereocenters. The molecule has 0 heterocycles. The van der Waals surface area contributed by atoms with Gasteiger partial charge in [-0.15, -0.1) is 0 Å². The van der Waals surface area contributed by atoms with Crippen molar-refractivity contribution in [1.82, 2.24) is 0 Å². The van der Waals surface area contributed by atoms with Crippen molar-refractivity contribution < 1.29 is 15.0 Å². The predicted octanol–water partition coefficient (Wildman–Crippen LogP) is 1.35. The summed E-state index contributed by atoms with van der Waals surface area (Å²) in [5, 5.41) is 17.9. The fourth-order valence-corrected chi connectivity index (χ4v) is 1.51. The Morgan fingerprint density at radius 3 is 2.27 bits per heavy atom. The number of hydrogen-bond donors (Lipinski definition) is 2. The Hall–Kier alpha value is -1.19. The second kappa shape index (κ2) is 5.63. The molecule has 0 spiro atoms. The van der Waals surface area contributed by atoms with Crippen molar-refractivity contribution in [3.63, 3.8) is 0 Å². The molecular formula is C12H16O3. The average Bonchev–Trinajstić information content (AvgIpc) is 2.26. The van der Waals surface area contributed by atoms with E-state index in [0.717, 1.165) is 5.56 Å². The molecule has 15 heavy (non-hydrogen) atoms. The zero-order valence-electron chi connectivity index (χ0n) is 8.81. The smallest absolute Gasteiger partial charge is 0.159 e. The van der Waals surface area contributed by atoms with Crippen LogP contribution >= 0.6 is 0 Å². The minimum absolute atomic E-state index is 0.0139. The second-order valence-corrected chi connectivity index (χ2v) is 3.57. The van der Waals surface area contributed by atoms with Crippen LogP contribution in [0.1, 0.15) is 35.2 Å². The van der Waals surface area contributed by atoms with E-state index in [0.29, 0.717) is 12.0 Å². The van der Waals surface area contributed by atoms with Crippen LogP contribution in [0.5, 0.6) is 0 Å². The van der Waals surface area contributed by atoms with Gasteiger partial charge in [-0.2, -0.15) is 0 Å². The molecule has 0 amide bonds. The average molecular weight is 208 g/mol. The summed E-state index contributed by atoms with van der Waals surface area (Å²) in [5.74, 6) is -0.0136. The van der Waals surface area contributed by atoms with Crippen LogP contribution in [0.25, 0.3) is 0 Å². The Labute approximate surface area is 89.4 Å². The summed E-state index contributed by atoms with van der Waals surface area (Å²) in [4.78, 5) is 11.0. The van der Waals surface area contributed by atoms with Gasteiger partial charge in [-0.25, -0.2) is 0 Å². The molecule has 0 radical (unpaired) electrons. The Morgan fingerprint density at radius 2 is 1.87 bits per heavy atom. The number of benzene rings is 1. The molecule has 2 N–H and O–H groups in total. The van der Waals surface area contributed by atoms with Crippen molar-refractivity contribution in [1.29, 1.82) is 0 Å². The van der Waals surface area contributed by atoms with Gasteiger partial charge >= 0.3 is 0 Å². The Bertz CT molecular complexity index is 316. The monoisotopic (exact) mass is 208 g/mol. The molecule has 1 rings (SSSR count). The number of Topliss-reactive ketones (excluding diaryl/α,β-unsaturated/α-hetero) is 1. The quantitative estimate of drug-likeness (QED) is 0.718. The van der Waals surface area contributed by atoms with E-state index >= 15 is 0 Å². The van der Waals surface area contributed by atoms with E-state index in [1.807, 2.05) is 12.1 Å². The van der Waals surface area contributed by atoms with Gasteiger partial charge in [0.1, 0.15) is 0 Å². The second-order valence-electron chi connectivity index (χ2n) is 3.57. The van der Waals surface area contributed by atoms with Crippen molar-refractivity contribution in [3.8, 4) is 0 Å². The molecule has 0 aliphatic heterocycles. The first-order chi connectivity index (χ1) is 7.19. The normalized spacial score (nSPS) is 12.5. The first kappa shape index (κ1) is 11.9. The van der Waals surface area contributed by atoms with Crippen LogP contribution in [0, 0.1) is 0 Å². The highest BCUT2D eigenvalue weighted by atomic mass is 16.3. The van der Waals surface area contributed by atoms with Crippen molar-refractivity contribution in [2.24, 2.45) is 0 Å². The van der Waals surface area contributed by atoms with Gasteiger partial charge in [0.05, 0.1) is 6.61 Å². The standard InChI is InChI=1S/C12H16O3/c1-9(15)10-2-4-11(5-3-10)12(8-14)6-7-13/h2-5,12-14H,6-8H2,1H3. The summed E-state index contributed by atoms with van der Waals surface area (Å²) in [7, 11) is 0. The lowest BCUT2D eigenvalue weighted by Gasteiger charge is -2.13. The molecule has 0 bridgehead atoms. The van der Waals surface area contributed by atoms with Crippen LogP contribution in [0.3, 0.4) is 0 Å². The van der Waals surface area contributed by atoms with Crippen LogP contribution in [-0.2, 0) is 0 Å². The van der Waals surface area contributed by atoms with Gasteiger partial charge in [-0.05, 0) is 18.9 Å². The topological polar surface area (TPSA) is 57.5 Å². The molecule has 3 heteroatoms. The summed E-state index contributed by atoms with van der Waals surface area (Å²) >= 11 is 0. The number of carbonyl (C=O) groups excluding carboxylic acids is 1. The summed E-state index contributed by atoms with van der Waals surface area (Å²) in [5.41, 5.74) is 1.62. The molecule has 1 aromatic carbocycles. The number of hydrogen-bond acceptors (Lipinski definition) is 3. The largest absolute Gasteiger partial charge is 0.396 e. The highest BCUT2D eigenvalue weighted by molar-refractivity contribution is 5.94. The predicted molar refractivity (Wildman–Crippen MR) is 58.0 cm³/mol. The van der Waals surface area contributed by atoms with Crippen LogP contribution in [0.15, 0.2) is 24.3 Å². The molecule has 0 aromatic heterocycles. The summed E-state index contributed by atoms with van der Waals surface area (Å²) in [6, 6.07) is 7.15. The molecule has 1 atom stereocenters. The van der Waals surface area contributed by atoms with Crippen LogP contribution in [-0.4, -0.2) is 29.2 Å². The fourth-order valence-electron chi connectivity index (χ4n) is 1.51. The summed E-state index contributed by atoms with van der Waals surface area (Å²) in [6.07, 6.45) is 0.538. The first-order valence-electron chi connectivity index (χ1n) is 5.01. The maximum atomic E-state index is 11.0. The number of aliphatic hydroxyl groups is 2. The lowest BCUT2D eigenvalue weighted by molar-refractivity contribution is 0.101. The van der Waals surface area contributed by atoms with Gasteiger partial charge < -0.3 is 10.2 Å². The van der Waals surface area contributed by atoms with Crippen molar-refractivity contribution in [2.75, 3.05) is 13.2 Å². The molecule has 0 saturated heterocycles. The third kappa shape index (κ3) is 3.15. The van der Waals surface area contributed by atoms with E-state index in [2.05, 4.69) is 0 Å². The van der Waals surface area contributed by atoms with Crippen molar-refractivity contribution in [2.45, 2.75) is 19.3 Å². The SMILES string of the molecule is CC(=O)c1ccc(C(CO)CCO)cc1. The van der Waals surface area contributed by atoms with E-state index in [4.69, 9.17) is 10.2 Å². The van der Waals surface area contributed by atoms with E-state index in [9.17, 15) is 4.79 Å². The van der Waals surface area contributed by atoms with E-state index < -0.39 is 0 Å². The Balaban J connectivity index is 2.81. The van der Waals surface area contributed by atoms with E-state index in [-0.39, 0.29) is 24.9 Å². The number of aliphatic hydroxyl groups excluding tert-OH is 2. The Morgan fingerprint density at radius 1 is 1.27 bits per heavy atom. The molecular weight excluding hydrogens is 192 g/mol. The minimum Gasteiger partial charge on any atom is -0.396 e. The third-order valence-electron chi connectivity index (χ3n) is 2.49. The van der Waals surface area contributed by atoms with Gasteiger partial charge in [0.25, 0.3) is 0 Å². The van der Waals surface area contributed by atoms with E-state index in [1.54, 1.807) is 12.1 Å². The summed E-state index contributed by atoms with van der Waals surface area (Å²) in [6.45, 7) is 1.59. The number of carbonyl (C=O) groups is 1. The number of rotatable bonds is 5. The lowest BCUT2D eigenvalue weighted by Crippen LogP contribution is -2.06. The van der Waals surface area contributed by atoms with Gasteiger partial charge in [0, 0.05) is 18.1 Å². The molecule has 82 valence electrons. The van der Waals surface area contributed by atoms with Gasteiger partial charge in [0.2, 0.25) is 0 Å². The van der Waals surface area contributed by atoms with Crippen molar-refractivity contribution in [3.05, 3.63) is 35.4 Å². The van der Waals surface area contributed by atoms with Crippen molar-refractivity contribution >= 4 is 5.78 Å². The first-order valence-corrected chi connectivity index (χ1v) is 5.01. The summed E-state index contributed by atoms with van der Waals surface area (Å²) < 4.78 is 0. The van der Waals surface area contributed by atoms with Crippen LogP contribution < -0.4 is 0 Å². The van der Waals surface area contributed by atoms with Crippen LogP contribution in [0.4, 0.5) is 0 Å². The minimum atomic E-state index is -0.0454. The molecule has 3 nitrogen and oxygen atoms in total. The van der Waals surface area contributed by atoms with Gasteiger partial charge in [0.15, 0.2) is 5.78 Å².